The van der Waals surface area contributed by atoms with Gasteiger partial charge in [-0.1, -0.05) is 24.6 Å². The number of hydrogen-bond acceptors (Lipinski definition) is 5. The summed E-state index contributed by atoms with van der Waals surface area (Å²) in [4.78, 5) is 11.9. The molecule has 0 spiro atoms. The summed E-state index contributed by atoms with van der Waals surface area (Å²) in [5, 5.41) is 17.0. The van der Waals surface area contributed by atoms with Gasteiger partial charge in [0.05, 0.1) is 11.6 Å². The highest BCUT2D eigenvalue weighted by Gasteiger charge is 2.18. The highest BCUT2D eigenvalue weighted by molar-refractivity contribution is 6.30. The molecule has 28 heavy (non-hydrogen) atoms. The third kappa shape index (κ3) is 4.90. The van der Waals surface area contributed by atoms with E-state index in [1.807, 2.05) is 13.0 Å². The van der Waals surface area contributed by atoms with Crippen LogP contribution in [0.1, 0.15) is 18.1 Å². The molecule has 0 aliphatic rings. The number of hydrogen-bond donors (Lipinski definition) is 2. The number of benzene rings is 2. The SMILES string of the molecule is CCc1ccc(OCC(=N)N(C)C(N)=O)c(F)c1Oc1cc(Cl)cc(C#N)c1. The number of urea groups is 1. The maximum absolute atomic E-state index is 15.0. The minimum atomic E-state index is -0.825. The Labute approximate surface area is 166 Å². The van der Waals surface area contributed by atoms with Crippen molar-refractivity contribution in [2.45, 2.75) is 13.3 Å². The Balaban J connectivity index is 2.31. The van der Waals surface area contributed by atoms with E-state index in [-0.39, 0.29) is 40.3 Å². The van der Waals surface area contributed by atoms with Gasteiger partial charge in [0.25, 0.3) is 0 Å². The maximum Gasteiger partial charge on any atom is 0.320 e. The monoisotopic (exact) mass is 404 g/mol. The van der Waals surface area contributed by atoms with Crippen molar-refractivity contribution in [2.75, 3.05) is 13.7 Å². The lowest BCUT2D eigenvalue weighted by Gasteiger charge is -2.18. The third-order valence-electron chi connectivity index (χ3n) is 3.84. The topological polar surface area (TPSA) is 112 Å². The molecule has 0 aromatic heterocycles. The average Bonchev–Trinajstić information content (AvgIpc) is 2.67. The van der Waals surface area contributed by atoms with Crippen molar-refractivity contribution < 1.29 is 18.7 Å². The third-order valence-corrected chi connectivity index (χ3v) is 4.06. The van der Waals surface area contributed by atoms with Crippen LogP contribution >= 0.6 is 11.6 Å². The Morgan fingerprint density at radius 2 is 2.11 bits per heavy atom. The highest BCUT2D eigenvalue weighted by atomic mass is 35.5. The number of nitrogens with one attached hydrogen (secondary N) is 1. The fraction of sp³-hybridized carbons (Fsp3) is 0.211. The van der Waals surface area contributed by atoms with Crippen LogP contribution in [-0.2, 0) is 6.42 Å². The minimum absolute atomic E-state index is 0.0686. The lowest BCUT2D eigenvalue weighted by Crippen LogP contribution is -2.39. The summed E-state index contributed by atoms with van der Waals surface area (Å²) in [6.45, 7) is 1.47. The van der Waals surface area contributed by atoms with Gasteiger partial charge < -0.3 is 15.2 Å². The van der Waals surface area contributed by atoms with Gasteiger partial charge in [0, 0.05) is 12.1 Å². The molecule has 0 saturated heterocycles. The molecule has 0 unspecified atom stereocenters. The van der Waals surface area contributed by atoms with E-state index in [0.717, 1.165) is 4.90 Å². The number of nitrogens with two attached hydrogens (primary N) is 1. The van der Waals surface area contributed by atoms with Gasteiger partial charge in [0.15, 0.2) is 11.5 Å². The van der Waals surface area contributed by atoms with Gasteiger partial charge in [-0.3, -0.25) is 10.3 Å². The minimum Gasteiger partial charge on any atom is -0.482 e. The number of carbonyl (C=O) groups excluding carboxylic acids is 1. The van der Waals surface area contributed by atoms with E-state index >= 15 is 0 Å². The Morgan fingerprint density at radius 3 is 2.71 bits per heavy atom. The molecule has 0 heterocycles. The molecule has 0 aliphatic heterocycles. The summed E-state index contributed by atoms with van der Waals surface area (Å²) in [6.07, 6.45) is 0.485. The number of amidine groups is 1. The first kappa shape index (κ1) is 21.0. The fourth-order valence-corrected chi connectivity index (χ4v) is 2.48. The Kier molecular flexibility index (Phi) is 6.79. The highest BCUT2D eigenvalue weighted by Crippen LogP contribution is 2.35. The van der Waals surface area contributed by atoms with Crippen molar-refractivity contribution in [3.8, 4) is 23.3 Å². The first-order chi connectivity index (χ1) is 13.3. The number of likely N-dealkylation sites (N-methyl/N-ethyl adjacent to an activating group) is 1. The zero-order valence-corrected chi connectivity index (χ0v) is 16.0. The summed E-state index contributed by atoms with van der Waals surface area (Å²) >= 11 is 5.96. The second-order valence-corrected chi connectivity index (χ2v) is 6.18. The fourth-order valence-electron chi connectivity index (χ4n) is 2.26. The molecule has 2 aromatic rings. The normalized spacial score (nSPS) is 10.1. The maximum atomic E-state index is 15.0. The van der Waals surface area contributed by atoms with E-state index in [2.05, 4.69) is 0 Å². The van der Waals surface area contributed by atoms with Crippen molar-refractivity contribution in [1.82, 2.24) is 4.90 Å². The van der Waals surface area contributed by atoms with Crippen molar-refractivity contribution in [3.05, 3.63) is 52.3 Å². The standard InChI is InChI=1S/C19H18ClFN4O3/c1-3-12-4-5-15(27-10-16(23)25(2)19(24)26)17(21)18(12)28-14-7-11(9-22)6-13(20)8-14/h4-8,23H,3,10H2,1-2H3,(H2,24,26). The van der Waals surface area contributed by atoms with Gasteiger partial charge in [0.1, 0.15) is 18.2 Å². The zero-order chi connectivity index (χ0) is 20.8. The molecule has 9 heteroatoms. The van der Waals surface area contributed by atoms with Gasteiger partial charge in [-0.05, 0) is 36.2 Å². The molecule has 0 bridgehead atoms. The number of halogens is 2. The van der Waals surface area contributed by atoms with E-state index in [4.69, 9.17) is 37.5 Å². The van der Waals surface area contributed by atoms with Crippen molar-refractivity contribution in [2.24, 2.45) is 5.73 Å². The van der Waals surface area contributed by atoms with E-state index in [9.17, 15) is 9.18 Å². The number of nitriles is 1. The van der Waals surface area contributed by atoms with Crippen LogP contribution in [0, 0.1) is 22.6 Å². The van der Waals surface area contributed by atoms with Gasteiger partial charge >= 0.3 is 6.03 Å². The van der Waals surface area contributed by atoms with Gasteiger partial charge in [-0.25, -0.2) is 4.79 Å². The van der Waals surface area contributed by atoms with Crippen LogP contribution in [-0.4, -0.2) is 30.4 Å². The van der Waals surface area contributed by atoms with Crippen LogP contribution < -0.4 is 15.2 Å². The molecule has 2 rings (SSSR count). The number of aryl methyl sites for hydroxylation is 1. The predicted molar refractivity (Wildman–Crippen MR) is 103 cm³/mol. The van der Waals surface area contributed by atoms with E-state index < -0.39 is 11.8 Å². The molecule has 0 fully saturated rings. The number of carbonyl (C=O) groups is 1. The Bertz CT molecular complexity index is 959. The van der Waals surface area contributed by atoms with Crippen LogP contribution in [0.4, 0.5) is 9.18 Å². The quantitative estimate of drug-likeness (QED) is 0.558. The largest absolute Gasteiger partial charge is 0.482 e. The number of primary amides is 1. The number of ether oxygens (including phenoxy) is 2. The second kappa shape index (κ2) is 9.06. The van der Waals surface area contributed by atoms with Crippen LogP contribution in [0.25, 0.3) is 0 Å². The molecule has 0 saturated carbocycles. The smallest absolute Gasteiger partial charge is 0.320 e. The van der Waals surface area contributed by atoms with Crippen LogP contribution in [0.15, 0.2) is 30.3 Å². The summed E-state index contributed by atoms with van der Waals surface area (Å²) < 4.78 is 25.9. The number of nitrogens with zero attached hydrogens (tertiary/aromatic N) is 2. The molecule has 7 nitrogen and oxygen atoms in total. The molecular formula is C19H18ClFN4O3. The predicted octanol–water partition coefficient (Wildman–Crippen LogP) is 4.07. The lowest BCUT2D eigenvalue weighted by molar-refractivity contribution is 0.232. The number of rotatable bonds is 6. The summed E-state index contributed by atoms with van der Waals surface area (Å²) in [6, 6.07) is 8.54. The molecule has 0 atom stereocenters. The summed E-state index contributed by atoms with van der Waals surface area (Å²) in [5.41, 5.74) is 5.93. The number of amides is 2. The van der Waals surface area contributed by atoms with Gasteiger partial charge in [-0.15, -0.1) is 0 Å². The summed E-state index contributed by atoms with van der Waals surface area (Å²) in [7, 11) is 1.31. The second-order valence-electron chi connectivity index (χ2n) is 5.74. The van der Waals surface area contributed by atoms with Gasteiger partial charge in [0.2, 0.25) is 5.82 Å². The molecule has 2 amide bonds. The molecule has 3 N–H and O–H groups in total. The first-order valence-electron chi connectivity index (χ1n) is 8.20. The van der Waals surface area contributed by atoms with Crippen molar-refractivity contribution in [1.29, 1.82) is 10.7 Å². The summed E-state index contributed by atoms with van der Waals surface area (Å²) in [5.74, 6) is -1.02. The lowest BCUT2D eigenvalue weighted by atomic mass is 10.1. The van der Waals surface area contributed by atoms with Crippen LogP contribution in [0.3, 0.4) is 0 Å². The Hall–Kier alpha value is -3.31. The van der Waals surface area contributed by atoms with Gasteiger partial charge in [-0.2, -0.15) is 9.65 Å². The molecule has 0 aliphatic carbocycles. The van der Waals surface area contributed by atoms with Crippen LogP contribution in [0.2, 0.25) is 5.02 Å². The average molecular weight is 405 g/mol. The van der Waals surface area contributed by atoms with E-state index in [0.29, 0.717) is 12.0 Å². The zero-order valence-electron chi connectivity index (χ0n) is 15.3. The van der Waals surface area contributed by atoms with E-state index in [1.165, 1.54) is 31.3 Å². The van der Waals surface area contributed by atoms with Crippen molar-refractivity contribution >= 4 is 23.5 Å². The molecule has 146 valence electrons. The molecule has 0 radical (unpaired) electrons. The molecular weight excluding hydrogens is 387 g/mol. The van der Waals surface area contributed by atoms with E-state index in [1.54, 1.807) is 6.07 Å². The first-order valence-corrected chi connectivity index (χ1v) is 8.57. The van der Waals surface area contributed by atoms with Crippen LogP contribution in [0.5, 0.6) is 17.2 Å². The Morgan fingerprint density at radius 1 is 1.39 bits per heavy atom. The molecule has 2 aromatic carbocycles. The van der Waals surface area contributed by atoms with Crippen molar-refractivity contribution in [3.63, 3.8) is 0 Å².